The number of hydrogen-bond donors (Lipinski definition) is 1. The summed E-state index contributed by atoms with van der Waals surface area (Å²) in [5.74, 6) is 0.730. The monoisotopic (exact) mass is 221 g/mol. The maximum atomic E-state index is 5.49. The molecule has 1 aromatic carbocycles. The Morgan fingerprint density at radius 2 is 1.88 bits per heavy atom. The van der Waals surface area contributed by atoms with Crippen LogP contribution in [0.5, 0.6) is 0 Å². The van der Waals surface area contributed by atoms with Crippen molar-refractivity contribution in [1.82, 2.24) is 5.32 Å². The topological polar surface area (TPSA) is 21.3 Å². The number of methoxy groups -OCH3 is 1. The van der Waals surface area contributed by atoms with Crippen LogP contribution in [0.4, 0.5) is 0 Å². The molecule has 0 aliphatic heterocycles. The van der Waals surface area contributed by atoms with Crippen molar-refractivity contribution in [3.63, 3.8) is 0 Å². The van der Waals surface area contributed by atoms with E-state index in [-0.39, 0.29) is 6.10 Å². The second kappa shape index (κ2) is 7.42. The van der Waals surface area contributed by atoms with E-state index in [2.05, 4.69) is 43.4 Å². The average Bonchev–Trinajstić information content (AvgIpc) is 2.35. The molecule has 0 aromatic heterocycles. The Balaban J connectivity index is 2.38. The van der Waals surface area contributed by atoms with E-state index in [1.807, 2.05) is 6.07 Å². The fourth-order valence-electron chi connectivity index (χ4n) is 1.61. The Kier molecular flexibility index (Phi) is 6.12. The number of nitrogens with one attached hydrogen (secondary N) is 1. The largest absolute Gasteiger partial charge is 0.375 e. The summed E-state index contributed by atoms with van der Waals surface area (Å²) in [5.41, 5.74) is 1.24. The molecule has 0 saturated heterocycles. The molecule has 0 amide bonds. The van der Waals surface area contributed by atoms with Gasteiger partial charge in [0.25, 0.3) is 0 Å². The Bertz CT molecular complexity index is 273. The summed E-state index contributed by atoms with van der Waals surface area (Å²) in [4.78, 5) is 0. The lowest BCUT2D eigenvalue weighted by Gasteiger charge is -2.18. The van der Waals surface area contributed by atoms with Crippen LogP contribution in [0.25, 0.3) is 0 Å². The molecular weight excluding hydrogens is 198 g/mol. The first kappa shape index (κ1) is 13.2. The van der Waals surface area contributed by atoms with Crippen molar-refractivity contribution in [2.45, 2.75) is 26.4 Å². The molecule has 2 nitrogen and oxygen atoms in total. The summed E-state index contributed by atoms with van der Waals surface area (Å²) in [6, 6.07) is 10.4. The van der Waals surface area contributed by atoms with E-state index in [0.717, 1.165) is 19.0 Å². The van der Waals surface area contributed by atoms with Crippen LogP contribution in [-0.4, -0.2) is 20.2 Å². The van der Waals surface area contributed by atoms with Crippen LogP contribution in [0.15, 0.2) is 30.3 Å². The van der Waals surface area contributed by atoms with E-state index < -0.39 is 0 Å². The van der Waals surface area contributed by atoms with E-state index in [9.17, 15) is 0 Å². The number of rotatable bonds is 7. The van der Waals surface area contributed by atoms with E-state index in [4.69, 9.17) is 4.74 Å². The summed E-state index contributed by atoms with van der Waals surface area (Å²) in [6.07, 6.45) is 1.38. The highest BCUT2D eigenvalue weighted by molar-refractivity contribution is 5.17. The third-order valence-corrected chi connectivity index (χ3v) is 2.98. The van der Waals surface area contributed by atoms with Gasteiger partial charge in [-0.25, -0.2) is 0 Å². The summed E-state index contributed by atoms with van der Waals surface area (Å²) in [7, 11) is 1.77. The Morgan fingerprint density at radius 1 is 1.19 bits per heavy atom. The molecule has 2 atom stereocenters. The van der Waals surface area contributed by atoms with Crippen molar-refractivity contribution in [3.05, 3.63) is 35.9 Å². The van der Waals surface area contributed by atoms with Crippen molar-refractivity contribution >= 4 is 0 Å². The van der Waals surface area contributed by atoms with Gasteiger partial charge in [0.2, 0.25) is 0 Å². The highest BCUT2D eigenvalue weighted by Crippen LogP contribution is 2.14. The average molecular weight is 221 g/mol. The molecule has 0 aliphatic rings. The zero-order valence-electron chi connectivity index (χ0n) is 10.6. The molecule has 0 radical (unpaired) electrons. The molecule has 0 saturated carbocycles. The van der Waals surface area contributed by atoms with Crippen LogP contribution in [0.3, 0.4) is 0 Å². The summed E-state index contributed by atoms with van der Waals surface area (Å²) in [5, 5.41) is 3.46. The van der Waals surface area contributed by atoms with Gasteiger partial charge in [-0.3, -0.25) is 0 Å². The Morgan fingerprint density at radius 3 is 2.44 bits per heavy atom. The minimum Gasteiger partial charge on any atom is -0.375 e. The van der Waals surface area contributed by atoms with Crippen LogP contribution in [0.1, 0.15) is 31.9 Å². The van der Waals surface area contributed by atoms with Gasteiger partial charge >= 0.3 is 0 Å². The lowest BCUT2D eigenvalue weighted by Crippen LogP contribution is -2.26. The van der Waals surface area contributed by atoms with Gasteiger partial charge in [-0.15, -0.1) is 0 Å². The van der Waals surface area contributed by atoms with Crippen molar-refractivity contribution < 1.29 is 4.74 Å². The number of benzene rings is 1. The zero-order valence-corrected chi connectivity index (χ0v) is 10.6. The minimum atomic E-state index is 0.158. The number of ether oxygens (including phenoxy) is 1. The molecule has 0 bridgehead atoms. The fourth-order valence-corrected chi connectivity index (χ4v) is 1.61. The van der Waals surface area contributed by atoms with Crippen molar-refractivity contribution in [2.24, 2.45) is 5.92 Å². The van der Waals surface area contributed by atoms with E-state index >= 15 is 0 Å². The maximum Gasteiger partial charge on any atom is 0.0945 e. The summed E-state index contributed by atoms with van der Waals surface area (Å²) >= 11 is 0. The van der Waals surface area contributed by atoms with Gasteiger partial charge in [0.1, 0.15) is 0 Å². The van der Waals surface area contributed by atoms with Gasteiger partial charge in [-0.1, -0.05) is 50.6 Å². The highest BCUT2D eigenvalue weighted by Gasteiger charge is 2.09. The molecule has 2 unspecified atom stereocenters. The van der Waals surface area contributed by atoms with Gasteiger partial charge in [0.05, 0.1) is 6.10 Å². The first-order chi connectivity index (χ1) is 7.77. The third kappa shape index (κ3) is 4.33. The molecule has 1 rings (SSSR count). The van der Waals surface area contributed by atoms with Crippen LogP contribution < -0.4 is 5.32 Å². The first-order valence-electron chi connectivity index (χ1n) is 6.06. The van der Waals surface area contributed by atoms with Crippen molar-refractivity contribution in [2.75, 3.05) is 20.2 Å². The standard InChI is InChI=1S/C14H23NO/c1-4-12(2)10-15-11-14(16-3)13-8-6-5-7-9-13/h5-9,12,14-15H,4,10-11H2,1-3H3. The molecule has 0 heterocycles. The third-order valence-electron chi connectivity index (χ3n) is 2.98. The lowest BCUT2D eigenvalue weighted by atomic mass is 10.1. The first-order valence-corrected chi connectivity index (χ1v) is 6.06. The van der Waals surface area contributed by atoms with Gasteiger partial charge in [0.15, 0.2) is 0 Å². The van der Waals surface area contributed by atoms with Crippen LogP contribution >= 0.6 is 0 Å². The highest BCUT2D eigenvalue weighted by atomic mass is 16.5. The van der Waals surface area contributed by atoms with Crippen molar-refractivity contribution in [3.8, 4) is 0 Å². The predicted molar refractivity (Wildman–Crippen MR) is 68.5 cm³/mol. The Hall–Kier alpha value is -0.860. The smallest absolute Gasteiger partial charge is 0.0945 e. The Labute approximate surface area is 99.0 Å². The summed E-state index contributed by atoms with van der Waals surface area (Å²) < 4.78 is 5.49. The van der Waals surface area contributed by atoms with E-state index in [1.54, 1.807) is 7.11 Å². The predicted octanol–water partition coefficient (Wildman–Crippen LogP) is 3.01. The van der Waals surface area contributed by atoms with Crippen molar-refractivity contribution in [1.29, 1.82) is 0 Å². The molecule has 90 valence electrons. The SMILES string of the molecule is CCC(C)CNCC(OC)c1ccccc1. The van der Waals surface area contributed by atoms with Gasteiger partial charge < -0.3 is 10.1 Å². The quantitative estimate of drug-likeness (QED) is 0.764. The molecule has 16 heavy (non-hydrogen) atoms. The molecule has 0 fully saturated rings. The van der Waals surface area contributed by atoms with E-state index in [0.29, 0.717) is 0 Å². The molecule has 2 heteroatoms. The minimum absolute atomic E-state index is 0.158. The van der Waals surface area contributed by atoms with Crippen LogP contribution in [-0.2, 0) is 4.74 Å². The second-order valence-electron chi connectivity index (χ2n) is 4.31. The second-order valence-corrected chi connectivity index (χ2v) is 4.31. The summed E-state index contributed by atoms with van der Waals surface area (Å²) in [6.45, 7) is 6.42. The van der Waals surface area contributed by atoms with Gasteiger partial charge in [0, 0.05) is 13.7 Å². The normalized spacial score (nSPS) is 14.7. The zero-order chi connectivity index (χ0) is 11.8. The molecule has 0 aliphatic carbocycles. The van der Waals surface area contributed by atoms with Gasteiger partial charge in [-0.05, 0) is 18.0 Å². The fraction of sp³-hybridized carbons (Fsp3) is 0.571. The maximum absolute atomic E-state index is 5.49. The van der Waals surface area contributed by atoms with Crippen LogP contribution in [0.2, 0.25) is 0 Å². The number of hydrogen-bond acceptors (Lipinski definition) is 2. The van der Waals surface area contributed by atoms with E-state index in [1.165, 1.54) is 12.0 Å². The molecule has 0 spiro atoms. The lowest BCUT2D eigenvalue weighted by molar-refractivity contribution is 0.101. The van der Waals surface area contributed by atoms with Gasteiger partial charge in [-0.2, -0.15) is 0 Å². The molecule has 1 N–H and O–H groups in total. The molecule has 1 aromatic rings. The molecular formula is C14H23NO. The van der Waals surface area contributed by atoms with Crippen LogP contribution in [0, 0.1) is 5.92 Å².